The van der Waals surface area contributed by atoms with Crippen LogP contribution in [0.5, 0.6) is 0 Å². The summed E-state index contributed by atoms with van der Waals surface area (Å²) in [5.74, 6) is 0. The predicted octanol–water partition coefficient (Wildman–Crippen LogP) is 4.17. The largest absolute Gasteiger partial charge is 0.379 e. The van der Waals surface area contributed by atoms with Crippen LogP contribution in [0.2, 0.25) is 0 Å². The van der Waals surface area contributed by atoms with Crippen molar-refractivity contribution < 1.29 is 0 Å². The van der Waals surface area contributed by atoms with Crippen LogP contribution in [-0.2, 0) is 6.54 Å². The van der Waals surface area contributed by atoms with Crippen molar-refractivity contribution in [1.29, 1.82) is 0 Å². The highest BCUT2D eigenvalue weighted by atomic mass is 14.9. The Labute approximate surface area is 125 Å². The van der Waals surface area contributed by atoms with Crippen LogP contribution in [0.4, 0.5) is 5.69 Å². The Bertz CT molecular complexity index is 770. The predicted molar refractivity (Wildman–Crippen MR) is 87.5 cm³/mol. The van der Waals surface area contributed by atoms with Gasteiger partial charge in [0.15, 0.2) is 0 Å². The lowest BCUT2D eigenvalue weighted by Gasteiger charge is -2.13. The van der Waals surface area contributed by atoms with Gasteiger partial charge in [0, 0.05) is 5.69 Å². The molecule has 106 valence electrons. The van der Waals surface area contributed by atoms with Crippen LogP contribution in [-0.4, -0.2) is 9.97 Å². The van der Waals surface area contributed by atoms with Crippen LogP contribution in [0.3, 0.4) is 0 Å². The molecular formula is C18H19N3. The van der Waals surface area contributed by atoms with E-state index in [9.17, 15) is 0 Å². The molecule has 0 fully saturated rings. The highest BCUT2D eigenvalue weighted by molar-refractivity contribution is 5.73. The standard InChI is InChI=1S/C18H19N3/c1-12-8-13(2)18(14(3)9-12)20-11-15-10-19-16-6-4-5-7-17(16)21-15/h4-10,20H,11H2,1-3H3. The van der Waals surface area contributed by atoms with Crippen molar-refractivity contribution in [3.8, 4) is 0 Å². The number of aryl methyl sites for hydroxylation is 3. The summed E-state index contributed by atoms with van der Waals surface area (Å²) in [6.07, 6.45) is 1.84. The summed E-state index contributed by atoms with van der Waals surface area (Å²) in [5, 5.41) is 3.49. The Morgan fingerprint density at radius 3 is 2.33 bits per heavy atom. The molecule has 21 heavy (non-hydrogen) atoms. The highest BCUT2D eigenvalue weighted by Gasteiger charge is 2.05. The molecular weight excluding hydrogens is 258 g/mol. The molecule has 0 spiro atoms. The molecule has 3 heteroatoms. The molecule has 3 rings (SSSR count). The van der Waals surface area contributed by atoms with E-state index < -0.39 is 0 Å². The summed E-state index contributed by atoms with van der Waals surface area (Å²) < 4.78 is 0. The van der Waals surface area contributed by atoms with Gasteiger partial charge in [0.05, 0.1) is 29.5 Å². The van der Waals surface area contributed by atoms with E-state index in [0.29, 0.717) is 6.54 Å². The van der Waals surface area contributed by atoms with E-state index in [4.69, 9.17) is 0 Å². The third-order valence-electron chi connectivity index (χ3n) is 3.62. The smallest absolute Gasteiger partial charge is 0.0890 e. The van der Waals surface area contributed by atoms with E-state index in [0.717, 1.165) is 16.7 Å². The second-order valence-electron chi connectivity index (χ2n) is 5.48. The van der Waals surface area contributed by atoms with E-state index in [1.54, 1.807) is 0 Å². The molecule has 0 amide bonds. The minimum Gasteiger partial charge on any atom is -0.379 e. The van der Waals surface area contributed by atoms with Gasteiger partial charge in [-0.25, -0.2) is 4.98 Å². The van der Waals surface area contributed by atoms with Crippen molar-refractivity contribution in [2.45, 2.75) is 27.3 Å². The lowest BCUT2D eigenvalue weighted by molar-refractivity contribution is 1.03. The zero-order valence-electron chi connectivity index (χ0n) is 12.6. The van der Waals surface area contributed by atoms with Gasteiger partial charge in [-0.3, -0.25) is 4.98 Å². The molecule has 3 nitrogen and oxygen atoms in total. The van der Waals surface area contributed by atoms with Crippen LogP contribution in [0.25, 0.3) is 11.0 Å². The quantitative estimate of drug-likeness (QED) is 0.781. The molecule has 0 unspecified atom stereocenters. The third-order valence-corrected chi connectivity index (χ3v) is 3.62. The first-order valence-electron chi connectivity index (χ1n) is 7.16. The second kappa shape index (κ2) is 5.52. The van der Waals surface area contributed by atoms with Gasteiger partial charge in [-0.05, 0) is 44.0 Å². The molecule has 3 aromatic rings. The average molecular weight is 277 g/mol. The lowest BCUT2D eigenvalue weighted by atomic mass is 10.1. The van der Waals surface area contributed by atoms with Gasteiger partial charge < -0.3 is 5.32 Å². The fourth-order valence-corrected chi connectivity index (χ4v) is 2.72. The normalized spacial score (nSPS) is 10.8. The minimum atomic E-state index is 0.683. The van der Waals surface area contributed by atoms with Crippen LogP contribution in [0.15, 0.2) is 42.6 Å². The topological polar surface area (TPSA) is 37.8 Å². The van der Waals surface area contributed by atoms with Crippen molar-refractivity contribution in [3.63, 3.8) is 0 Å². The highest BCUT2D eigenvalue weighted by Crippen LogP contribution is 2.22. The molecule has 0 bridgehead atoms. The van der Waals surface area contributed by atoms with Gasteiger partial charge in [-0.1, -0.05) is 29.8 Å². The summed E-state index contributed by atoms with van der Waals surface area (Å²) >= 11 is 0. The van der Waals surface area contributed by atoms with Gasteiger partial charge in [0.25, 0.3) is 0 Å². The van der Waals surface area contributed by atoms with E-state index >= 15 is 0 Å². The summed E-state index contributed by atoms with van der Waals surface area (Å²) in [6.45, 7) is 7.07. The van der Waals surface area contributed by atoms with Crippen molar-refractivity contribution in [1.82, 2.24) is 9.97 Å². The molecule has 0 radical (unpaired) electrons. The summed E-state index contributed by atoms with van der Waals surface area (Å²) in [6, 6.07) is 12.3. The van der Waals surface area contributed by atoms with E-state index in [2.05, 4.69) is 48.2 Å². The minimum absolute atomic E-state index is 0.683. The van der Waals surface area contributed by atoms with Gasteiger partial charge in [-0.15, -0.1) is 0 Å². The first kappa shape index (κ1) is 13.6. The summed E-state index contributed by atoms with van der Waals surface area (Å²) in [7, 11) is 0. The van der Waals surface area contributed by atoms with E-state index in [-0.39, 0.29) is 0 Å². The zero-order valence-corrected chi connectivity index (χ0v) is 12.6. The number of hydrogen-bond donors (Lipinski definition) is 1. The van der Waals surface area contributed by atoms with Crippen molar-refractivity contribution in [2.75, 3.05) is 5.32 Å². The number of benzene rings is 2. The van der Waals surface area contributed by atoms with Crippen molar-refractivity contribution in [3.05, 3.63) is 65.0 Å². The Morgan fingerprint density at radius 1 is 0.952 bits per heavy atom. The zero-order chi connectivity index (χ0) is 14.8. The maximum absolute atomic E-state index is 4.64. The molecule has 1 heterocycles. The first-order valence-corrected chi connectivity index (χ1v) is 7.16. The average Bonchev–Trinajstić information content (AvgIpc) is 2.46. The number of rotatable bonds is 3. The van der Waals surface area contributed by atoms with Crippen molar-refractivity contribution >= 4 is 16.7 Å². The fraction of sp³-hybridized carbons (Fsp3) is 0.222. The maximum atomic E-state index is 4.64. The van der Waals surface area contributed by atoms with E-state index in [1.807, 2.05) is 30.5 Å². The van der Waals surface area contributed by atoms with Gasteiger partial charge >= 0.3 is 0 Å². The molecule has 1 aromatic heterocycles. The second-order valence-corrected chi connectivity index (χ2v) is 5.48. The van der Waals surface area contributed by atoms with Crippen LogP contribution in [0.1, 0.15) is 22.4 Å². The van der Waals surface area contributed by atoms with Gasteiger partial charge in [0.1, 0.15) is 0 Å². The van der Waals surface area contributed by atoms with Crippen LogP contribution in [0, 0.1) is 20.8 Å². The molecule has 1 N–H and O–H groups in total. The molecule has 0 saturated carbocycles. The van der Waals surface area contributed by atoms with Gasteiger partial charge in [0.2, 0.25) is 0 Å². The Morgan fingerprint density at radius 2 is 1.62 bits per heavy atom. The van der Waals surface area contributed by atoms with Crippen LogP contribution >= 0.6 is 0 Å². The number of nitrogens with zero attached hydrogens (tertiary/aromatic N) is 2. The van der Waals surface area contributed by atoms with Gasteiger partial charge in [-0.2, -0.15) is 0 Å². The number of hydrogen-bond acceptors (Lipinski definition) is 3. The summed E-state index contributed by atoms with van der Waals surface area (Å²) in [4.78, 5) is 9.09. The third kappa shape index (κ3) is 2.87. The number of anilines is 1. The summed E-state index contributed by atoms with van der Waals surface area (Å²) in [5.41, 5.74) is 7.84. The maximum Gasteiger partial charge on any atom is 0.0890 e. The lowest BCUT2D eigenvalue weighted by Crippen LogP contribution is -2.05. The molecule has 0 aliphatic rings. The molecule has 0 aliphatic heterocycles. The number of nitrogens with one attached hydrogen (secondary N) is 1. The first-order chi connectivity index (χ1) is 10.1. The Hall–Kier alpha value is -2.42. The molecule has 0 aliphatic carbocycles. The Kier molecular flexibility index (Phi) is 3.57. The fourth-order valence-electron chi connectivity index (χ4n) is 2.72. The van der Waals surface area contributed by atoms with E-state index in [1.165, 1.54) is 22.4 Å². The van der Waals surface area contributed by atoms with Crippen molar-refractivity contribution in [2.24, 2.45) is 0 Å². The SMILES string of the molecule is Cc1cc(C)c(NCc2cnc3ccccc3n2)c(C)c1. The molecule has 0 atom stereocenters. The number of fused-ring (bicyclic) bond motifs is 1. The molecule has 0 saturated heterocycles. The number of aromatic nitrogens is 2. The monoisotopic (exact) mass is 277 g/mol. The Balaban J connectivity index is 1.83. The molecule has 2 aromatic carbocycles. The number of para-hydroxylation sites is 2. The van der Waals surface area contributed by atoms with Crippen LogP contribution < -0.4 is 5.32 Å².